The monoisotopic (exact) mass is 397 g/mol. The molecular weight excluding hydrogens is 376 g/mol. The van der Waals surface area contributed by atoms with E-state index < -0.39 is 26.6 Å². The van der Waals surface area contributed by atoms with Gasteiger partial charge in [0, 0.05) is 39.3 Å². The molecule has 27 heavy (non-hydrogen) atoms. The van der Waals surface area contributed by atoms with Crippen LogP contribution in [0.15, 0.2) is 47.4 Å². The summed E-state index contributed by atoms with van der Waals surface area (Å²) in [5, 5.41) is 2.69. The van der Waals surface area contributed by atoms with Gasteiger partial charge in [-0.05, 0) is 35.9 Å². The van der Waals surface area contributed by atoms with Gasteiger partial charge in [-0.15, -0.1) is 0 Å². The normalized spacial score (nSPS) is 11.3. The van der Waals surface area contributed by atoms with E-state index in [1.165, 1.54) is 0 Å². The van der Waals surface area contributed by atoms with Gasteiger partial charge in [-0.1, -0.05) is 12.1 Å². The minimum absolute atomic E-state index is 0.0846. The van der Waals surface area contributed by atoms with E-state index in [1.807, 2.05) is 43.3 Å². The molecule has 0 saturated heterocycles. The average molecular weight is 397 g/mol. The van der Waals surface area contributed by atoms with Crippen molar-refractivity contribution in [2.45, 2.75) is 17.9 Å². The van der Waals surface area contributed by atoms with Crippen LogP contribution < -0.4 is 14.9 Å². The SMILES string of the molecule is CN(C)c1ccc(CNC(=O)CCNS(=O)(=O)c2ccc(F)c(F)c2)cc1. The third kappa shape index (κ3) is 6.00. The lowest BCUT2D eigenvalue weighted by Gasteiger charge is -2.13. The zero-order valence-corrected chi connectivity index (χ0v) is 15.8. The maximum Gasteiger partial charge on any atom is 0.240 e. The van der Waals surface area contributed by atoms with E-state index in [1.54, 1.807) is 0 Å². The summed E-state index contributed by atoms with van der Waals surface area (Å²) >= 11 is 0. The Morgan fingerprint density at radius 3 is 2.30 bits per heavy atom. The topological polar surface area (TPSA) is 78.5 Å². The number of carbonyl (C=O) groups excluding carboxylic acids is 1. The molecule has 0 fully saturated rings. The molecule has 0 aliphatic rings. The summed E-state index contributed by atoms with van der Waals surface area (Å²) in [6.45, 7) is 0.162. The number of hydrogen-bond acceptors (Lipinski definition) is 4. The zero-order valence-electron chi connectivity index (χ0n) is 15.0. The zero-order chi connectivity index (χ0) is 20.0. The Kier molecular flexibility index (Phi) is 6.86. The smallest absolute Gasteiger partial charge is 0.240 e. The number of nitrogens with one attached hydrogen (secondary N) is 2. The fourth-order valence-corrected chi connectivity index (χ4v) is 3.27. The van der Waals surface area contributed by atoms with Gasteiger partial charge < -0.3 is 10.2 Å². The van der Waals surface area contributed by atoms with Crippen molar-refractivity contribution in [3.8, 4) is 0 Å². The van der Waals surface area contributed by atoms with Crippen LogP contribution in [0.1, 0.15) is 12.0 Å². The Bertz CT molecular complexity index is 901. The van der Waals surface area contributed by atoms with Gasteiger partial charge in [0.1, 0.15) is 0 Å². The van der Waals surface area contributed by atoms with Crippen LogP contribution in [0, 0.1) is 11.6 Å². The molecule has 2 rings (SSSR count). The number of halogens is 2. The predicted molar refractivity (Wildman–Crippen MR) is 98.8 cm³/mol. The first-order chi connectivity index (χ1) is 12.7. The summed E-state index contributed by atoms with van der Waals surface area (Å²) in [6, 6.07) is 9.92. The summed E-state index contributed by atoms with van der Waals surface area (Å²) in [7, 11) is -0.159. The van der Waals surface area contributed by atoms with Crippen LogP contribution in [0.4, 0.5) is 14.5 Å². The molecule has 0 radical (unpaired) electrons. The first-order valence-corrected chi connectivity index (χ1v) is 9.65. The molecule has 0 unspecified atom stereocenters. The number of carbonyl (C=O) groups is 1. The third-order valence-electron chi connectivity index (χ3n) is 3.79. The van der Waals surface area contributed by atoms with Gasteiger partial charge in [-0.3, -0.25) is 4.79 Å². The first kappa shape index (κ1) is 20.8. The molecule has 0 aliphatic heterocycles. The Hall–Kier alpha value is -2.52. The molecule has 2 aromatic rings. The molecular formula is C18H21F2N3O3S. The third-order valence-corrected chi connectivity index (χ3v) is 5.25. The van der Waals surface area contributed by atoms with Crippen LogP contribution in [-0.2, 0) is 21.4 Å². The van der Waals surface area contributed by atoms with Crippen molar-refractivity contribution in [2.75, 3.05) is 25.5 Å². The molecule has 0 spiro atoms. The Balaban J connectivity index is 1.80. The summed E-state index contributed by atoms with van der Waals surface area (Å²) in [5.41, 5.74) is 1.95. The van der Waals surface area contributed by atoms with Crippen molar-refractivity contribution in [2.24, 2.45) is 0 Å². The Morgan fingerprint density at radius 1 is 1.04 bits per heavy atom. The number of sulfonamides is 1. The molecule has 0 aromatic heterocycles. The highest BCUT2D eigenvalue weighted by Crippen LogP contribution is 2.14. The molecule has 9 heteroatoms. The lowest BCUT2D eigenvalue weighted by molar-refractivity contribution is -0.121. The fourth-order valence-electron chi connectivity index (χ4n) is 2.23. The van der Waals surface area contributed by atoms with Gasteiger partial charge in [0.2, 0.25) is 15.9 Å². The molecule has 2 N–H and O–H groups in total. The summed E-state index contributed by atoms with van der Waals surface area (Å²) in [6.07, 6.45) is -0.0846. The number of rotatable bonds is 8. The maximum absolute atomic E-state index is 13.2. The van der Waals surface area contributed by atoms with Gasteiger partial charge in [-0.25, -0.2) is 21.9 Å². The number of anilines is 1. The van der Waals surface area contributed by atoms with Crippen molar-refractivity contribution < 1.29 is 22.0 Å². The number of benzene rings is 2. The van der Waals surface area contributed by atoms with Crippen LogP contribution in [0.5, 0.6) is 0 Å². The fraction of sp³-hybridized carbons (Fsp3) is 0.278. The highest BCUT2D eigenvalue weighted by atomic mass is 32.2. The van der Waals surface area contributed by atoms with Crippen molar-refractivity contribution in [1.82, 2.24) is 10.0 Å². The van der Waals surface area contributed by atoms with E-state index in [9.17, 15) is 22.0 Å². The number of hydrogen-bond donors (Lipinski definition) is 2. The molecule has 146 valence electrons. The molecule has 1 amide bonds. The molecule has 0 aliphatic carbocycles. The van der Waals surface area contributed by atoms with Gasteiger partial charge in [0.15, 0.2) is 11.6 Å². The Morgan fingerprint density at radius 2 is 1.70 bits per heavy atom. The quantitative estimate of drug-likeness (QED) is 0.714. The van der Waals surface area contributed by atoms with E-state index in [4.69, 9.17) is 0 Å². The molecule has 6 nitrogen and oxygen atoms in total. The number of nitrogens with zero attached hydrogens (tertiary/aromatic N) is 1. The lowest BCUT2D eigenvalue weighted by atomic mass is 10.2. The van der Waals surface area contributed by atoms with Crippen molar-refractivity contribution in [3.63, 3.8) is 0 Å². The van der Waals surface area contributed by atoms with Gasteiger partial charge >= 0.3 is 0 Å². The first-order valence-electron chi connectivity index (χ1n) is 8.17. The van der Waals surface area contributed by atoms with Crippen LogP contribution in [0.25, 0.3) is 0 Å². The minimum Gasteiger partial charge on any atom is -0.378 e. The van der Waals surface area contributed by atoms with Gasteiger partial charge in [0.25, 0.3) is 0 Å². The van der Waals surface area contributed by atoms with E-state index in [2.05, 4.69) is 10.0 Å². The molecule has 0 atom stereocenters. The second kappa shape index (κ2) is 8.92. The highest BCUT2D eigenvalue weighted by Gasteiger charge is 2.16. The van der Waals surface area contributed by atoms with Crippen molar-refractivity contribution in [3.05, 3.63) is 59.7 Å². The summed E-state index contributed by atoms with van der Waals surface area (Å²) < 4.78 is 52.2. The van der Waals surface area contributed by atoms with E-state index >= 15 is 0 Å². The second-order valence-electron chi connectivity index (χ2n) is 6.06. The minimum atomic E-state index is -4.02. The van der Waals surface area contributed by atoms with E-state index in [0.717, 1.165) is 23.4 Å². The molecule has 0 saturated carbocycles. The summed E-state index contributed by atoms with van der Waals surface area (Å²) in [4.78, 5) is 13.4. The van der Waals surface area contributed by atoms with Crippen molar-refractivity contribution >= 4 is 21.6 Å². The van der Waals surface area contributed by atoms with Gasteiger partial charge in [-0.2, -0.15) is 0 Å². The molecule has 0 bridgehead atoms. The second-order valence-corrected chi connectivity index (χ2v) is 7.83. The van der Waals surface area contributed by atoms with Crippen LogP contribution in [0.2, 0.25) is 0 Å². The highest BCUT2D eigenvalue weighted by molar-refractivity contribution is 7.89. The van der Waals surface area contributed by atoms with Crippen LogP contribution in [0.3, 0.4) is 0 Å². The van der Waals surface area contributed by atoms with Gasteiger partial charge in [0.05, 0.1) is 4.90 Å². The maximum atomic E-state index is 13.2. The standard InChI is InChI=1S/C18H21F2N3O3S/c1-23(2)14-5-3-13(4-6-14)12-21-18(24)9-10-22-27(25,26)15-7-8-16(19)17(20)11-15/h3-8,11,22H,9-10,12H2,1-2H3,(H,21,24). The van der Waals surface area contributed by atoms with E-state index in [-0.39, 0.29) is 18.9 Å². The van der Waals surface area contributed by atoms with Crippen LogP contribution >= 0.6 is 0 Å². The van der Waals surface area contributed by atoms with E-state index in [0.29, 0.717) is 12.6 Å². The van der Waals surface area contributed by atoms with Crippen LogP contribution in [-0.4, -0.2) is 35.0 Å². The lowest BCUT2D eigenvalue weighted by Crippen LogP contribution is -2.30. The number of amides is 1. The molecule has 2 aromatic carbocycles. The summed E-state index contributed by atoms with van der Waals surface area (Å²) in [5.74, 6) is -2.72. The Labute approximate surface area is 157 Å². The largest absolute Gasteiger partial charge is 0.378 e. The van der Waals surface area contributed by atoms with Crippen molar-refractivity contribution in [1.29, 1.82) is 0 Å². The predicted octanol–water partition coefficient (Wildman–Crippen LogP) is 2.02. The average Bonchev–Trinajstić information content (AvgIpc) is 2.62. The molecule has 0 heterocycles.